The molecule has 0 radical (unpaired) electrons. The van der Waals surface area contributed by atoms with Crippen LogP contribution in [0, 0.1) is 12.7 Å². The predicted octanol–water partition coefficient (Wildman–Crippen LogP) is 4.42. The van der Waals surface area contributed by atoms with Gasteiger partial charge in [-0.15, -0.1) is 0 Å². The second-order valence-corrected chi connectivity index (χ2v) is 7.82. The summed E-state index contributed by atoms with van der Waals surface area (Å²) >= 11 is 0. The van der Waals surface area contributed by atoms with Crippen molar-refractivity contribution in [3.63, 3.8) is 0 Å². The summed E-state index contributed by atoms with van der Waals surface area (Å²) in [7, 11) is 1.64. The van der Waals surface area contributed by atoms with Gasteiger partial charge in [-0.1, -0.05) is 24.3 Å². The summed E-state index contributed by atoms with van der Waals surface area (Å²) in [5.41, 5.74) is 5.15. The third-order valence-corrected chi connectivity index (χ3v) is 6.03. The lowest BCUT2D eigenvalue weighted by atomic mass is 9.97. The summed E-state index contributed by atoms with van der Waals surface area (Å²) in [5.74, 6) is -0.521. The molecular formula is C26H20FN2O3-. The van der Waals surface area contributed by atoms with E-state index < -0.39 is 11.8 Å². The minimum atomic E-state index is -1.34. The average Bonchev–Trinajstić information content (AvgIpc) is 3.22. The van der Waals surface area contributed by atoms with Gasteiger partial charge in [0.15, 0.2) is 0 Å². The van der Waals surface area contributed by atoms with Crippen molar-refractivity contribution >= 4 is 28.4 Å². The SMILES string of the molecule is COc1cccc(-c2cccc3c2CCN3c2nc3ccc(F)cc3c(C(=O)[O-])c2C)c1. The Labute approximate surface area is 184 Å². The van der Waals surface area contributed by atoms with Crippen molar-refractivity contribution in [3.8, 4) is 16.9 Å². The number of rotatable bonds is 4. The van der Waals surface area contributed by atoms with Crippen molar-refractivity contribution in [2.24, 2.45) is 0 Å². The summed E-state index contributed by atoms with van der Waals surface area (Å²) in [5, 5.41) is 12.2. The van der Waals surface area contributed by atoms with E-state index in [2.05, 4.69) is 6.07 Å². The fraction of sp³-hybridized carbons (Fsp3) is 0.154. The molecule has 0 amide bonds. The Morgan fingerprint density at radius 2 is 1.94 bits per heavy atom. The molecular weight excluding hydrogens is 407 g/mol. The van der Waals surface area contributed by atoms with Gasteiger partial charge < -0.3 is 19.5 Å². The van der Waals surface area contributed by atoms with E-state index >= 15 is 0 Å². The Kier molecular flexibility index (Phi) is 4.78. The van der Waals surface area contributed by atoms with Gasteiger partial charge in [0.05, 0.1) is 18.6 Å². The molecule has 1 aromatic heterocycles. The van der Waals surface area contributed by atoms with E-state index in [1.54, 1.807) is 14.0 Å². The molecule has 32 heavy (non-hydrogen) atoms. The summed E-state index contributed by atoms with van der Waals surface area (Å²) < 4.78 is 19.2. The number of hydrogen-bond donors (Lipinski definition) is 0. The van der Waals surface area contributed by atoms with Gasteiger partial charge in [-0.3, -0.25) is 0 Å². The number of aromatic nitrogens is 1. The van der Waals surface area contributed by atoms with Crippen LogP contribution in [0.15, 0.2) is 60.7 Å². The number of carbonyl (C=O) groups excluding carboxylic acids is 1. The number of nitrogens with zero attached hydrogens (tertiary/aromatic N) is 2. The highest BCUT2D eigenvalue weighted by Crippen LogP contribution is 2.42. The Hall–Kier alpha value is -3.93. The van der Waals surface area contributed by atoms with Gasteiger partial charge in [0.1, 0.15) is 17.4 Å². The number of fused-ring (bicyclic) bond motifs is 2. The molecule has 0 fully saturated rings. The number of carbonyl (C=O) groups is 1. The van der Waals surface area contributed by atoms with Gasteiger partial charge in [-0.25, -0.2) is 9.37 Å². The van der Waals surface area contributed by atoms with Crippen molar-refractivity contribution in [1.82, 2.24) is 4.98 Å². The number of carboxylic acids is 1. The lowest BCUT2D eigenvalue weighted by Crippen LogP contribution is -2.26. The van der Waals surface area contributed by atoms with Crippen LogP contribution < -0.4 is 14.7 Å². The minimum absolute atomic E-state index is 0.0260. The molecule has 5 rings (SSSR count). The molecule has 0 spiro atoms. The van der Waals surface area contributed by atoms with Crippen LogP contribution in [0.5, 0.6) is 5.75 Å². The Balaban J connectivity index is 1.68. The lowest BCUT2D eigenvalue weighted by molar-refractivity contribution is -0.254. The first-order valence-corrected chi connectivity index (χ1v) is 10.3. The van der Waals surface area contributed by atoms with E-state index in [4.69, 9.17) is 9.72 Å². The van der Waals surface area contributed by atoms with Gasteiger partial charge in [0.2, 0.25) is 0 Å². The van der Waals surface area contributed by atoms with Gasteiger partial charge in [-0.05, 0) is 66.4 Å². The fourth-order valence-electron chi connectivity index (χ4n) is 4.56. The molecule has 0 unspecified atom stereocenters. The Bertz CT molecular complexity index is 1380. The van der Waals surface area contributed by atoms with Gasteiger partial charge in [0, 0.05) is 28.7 Å². The van der Waals surface area contributed by atoms with E-state index in [0.717, 1.165) is 34.5 Å². The third kappa shape index (κ3) is 3.15. The molecule has 4 aromatic rings. The first-order chi connectivity index (χ1) is 15.5. The second-order valence-electron chi connectivity index (χ2n) is 7.82. The highest BCUT2D eigenvalue weighted by Gasteiger charge is 2.27. The maximum atomic E-state index is 13.8. The number of ether oxygens (including phenoxy) is 1. The van der Waals surface area contributed by atoms with Crippen LogP contribution in [0.2, 0.25) is 0 Å². The van der Waals surface area contributed by atoms with Crippen molar-refractivity contribution in [3.05, 3.63) is 83.2 Å². The zero-order valence-electron chi connectivity index (χ0n) is 17.7. The first-order valence-electron chi connectivity index (χ1n) is 10.3. The molecule has 5 nitrogen and oxygen atoms in total. The zero-order chi connectivity index (χ0) is 22.4. The van der Waals surface area contributed by atoms with Gasteiger partial charge in [-0.2, -0.15) is 0 Å². The van der Waals surface area contributed by atoms with Crippen LogP contribution in [-0.2, 0) is 6.42 Å². The second kappa shape index (κ2) is 7.64. The molecule has 6 heteroatoms. The van der Waals surface area contributed by atoms with Crippen LogP contribution in [-0.4, -0.2) is 24.6 Å². The standard InChI is InChI=1S/C26H21FN2O3/c1-15-24(26(30)31)21-14-17(27)9-10-22(21)28-25(15)29-12-11-20-19(7-4-8-23(20)29)16-5-3-6-18(13-16)32-2/h3-10,13-14H,11-12H2,1-2H3,(H,30,31)/p-1. The Morgan fingerprint density at radius 3 is 2.72 bits per heavy atom. The molecule has 0 saturated heterocycles. The lowest BCUT2D eigenvalue weighted by Gasteiger charge is -2.24. The van der Waals surface area contributed by atoms with E-state index in [0.29, 0.717) is 23.4 Å². The molecule has 2 heterocycles. The quantitative estimate of drug-likeness (QED) is 0.483. The Morgan fingerprint density at radius 1 is 1.12 bits per heavy atom. The molecule has 1 aliphatic heterocycles. The topological polar surface area (TPSA) is 65.5 Å². The molecule has 160 valence electrons. The van der Waals surface area contributed by atoms with Crippen LogP contribution in [0.1, 0.15) is 21.5 Å². The predicted molar refractivity (Wildman–Crippen MR) is 120 cm³/mol. The average molecular weight is 427 g/mol. The molecule has 0 atom stereocenters. The summed E-state index contributed by atoms with van der Waals surface area (Å²) in [6.45, 7) is 2.35. The van der Waals surface area contributed by atoms with Crippen molar-refractivity contribution in [2.75, 3.05) is 18.6 Å². The molecule has 0 saturated carbocycles. The summed E-state index contributed by atoms with van der Waals surface area (Å²) in [6, 6.07) is 18.0. The van der Waals surface area contributed by atoms with E-state index in [-0.39, 0.29) is 10.9 Å². The number of aromatic carboxylic acids is 1. The van der Waals surface area contributed by atoms with Crippen molar-refractivity contribution < 1.29 is 19.0 Å². The molecule has 3 aromatic carbocycles. The zero-order valence-corrected chi connectivity index (χ0v) is 17.7. The fourth-order valence-corrected chi connectivity index (χ4v) is 4.56. The highest BCUT2D eigenvalue weighted by atomic mass is 19.1. The summed E-state index contributed by atoms with van der Waals surface area (Å²) in [4.78, 5) is 18.7. The van der Waals surface area contributed by atoms with Crippen LogP contribution >= 0.6 is 0 Å². The largest absolute Gasteiger partial charge is 0.545 e. The maximum Gasteiger partial charge on any atom is 0.137 e. The smallest absolute Gasteiger partial charge is 0.137 e. The van der Waals surface area contributed by atoms with Crippen molar-refractivity contribution in [2.45, 2.75) is 13.3 Å². The molecule has 0 bridgehead atoms. The first kappa shape index (κ1) is 20.0. The number of anilines is 2. The molecule has 0 aliphatic carbocycles. The van der Waals surface area contributed by atoms with Gasteiger partial charge in [0.25, 0.3) is 0 Å². The molecule has 1 aliphatic rings. The minimum Gasteiger partial charge on any atom is -0.545 e. The van der Waals surface area contributed by atoms with Crippen LogP contribution in [0.3, 0.4) is 0 Å². The number of hydrogen-bond acceptors (Lipinski definition) is 5. The van der Waals surface area contributed by atoms with E-state index in [1.807, 2.05) is 41.3 Å². The highest BCUT2D eigenvalue weighted by molar-refractivity contribution is 6.04. The number of methoxy groups -OCH3 is 1. The summed E-state index contributed by atoms with van der Waals surface area (Å²) in [6.07, 6.45) is 0.784. The third-order valence-electron chi connectivity index (χ3n) is 6.03. The number of carboxylic acid groups (broad SMARTS) is 1. The van der Waals surface area contributed by atoms with Crippen molar-refractivity contribution in [1.29, 1.82) is 0 Å². The van der Waals surface area contributed by atoms with E-state index in [9.17, 15) is 14.3 Å². The molecule has 0 N–H and O–H groups in total. The van der Waals surface area contributed by atoms with Gasteiger partial charge >= 0.3 is 0 Å². The number of pyridine rings is 1. The number of halogens is 1. The number of benzene rings is 3. The van der Waals surface area contributed by atoms with E-state index in [1.165, 1.54) is 18.2 Å². The normalized spacial score (nSPS) is 12.8. The maximum absolute atomic E-state index is 13.8. The monoisotopic (exact) mass is 427 g/mol. The van der Waals surface area contributed by atoms with Crippen LogP contribution in [0.25, 0.3) is 22.0 Å². The van der Waals surface area contributed by atoms with Crippen LogP contribution in [0.4, 0.5) is 15.9 Å².